The van der Waals surface area contributed by atoms with Crippen molar-refractivity contribution in [3.05, 3.63) is 47.6 Å². The molecule has 0 nitrogen and oxygen atoms in total. The van der Waals surface area contributed by atoms with Crippen molar-refractivity contribution >= 4 is 12.4 Å². The van der Waals surface area contributed by atoms with Gasteiger partial charge < -0.3 is 1.43 Å². The monoisotopic (exact) mass is 270 g/mol. The standard InChI is InChI=1S/C11H11.ClH.Zr.H/c1-2-6-10(5-1)9-11-7-3-4-8-11;;;/h1-5,7,9H,6,8H2;1H;;/q;;;-1. The zero-order valence-corrected chi connectivity index (χ0v) is 10.6. The Hall–Kier alpha value is 0.133. The fourth-order valence-electron chi connectivity index (χ4n) is 1.59. The fraction of sp³-hybridized carbons (Fsp3) is 0.273. The van der Waals surface area contributed by atoms with Crippen LogP contribution < -0.4 is 0 Å². The first-order valence-corrected chi connectivity index (χ1v) is 5.72. The van der Waals surface area contributed by atoms with Gasteiger partial charge in [-0.25, -0.2) is 0 Å². The Labute approximate surface area is 102 Å². The van der Waals surface area contributed by atoms with Gasteiger partial charge in [0, 0.05) is 0 Å². The van der Waals surface area contributed by atoms with Gasteiger partial charge in [0.1, 0.15) is 0 Å². The van der Waals surface area contributed by atoms with Crippen molar-refractivity contribution in [1.82, 2.24) is 0 Å². The minimum atomic E-state index is 0. The molecule has 0 aromatic rings. The summed E-state index contributed by atoms with van der Waals surface area (Å²) in [7, 11) is 0. The van der Waals surface area contributed by atoms with Crippen LogP contribution in [0.4, 0.5) is 0 Å². The molecule has 2 rings (SSSR count). The molecule has 0 radical (unpaired) electrons. The van der Waals surface area contributed by atoms with Crippen LogP contribution in [-0.4, -0.2) is 0 Å². The molecule has 0 saturated carbocycles. The molecule has 0 unspecified atom stereocenters. The molecule has 2 heteroatoms. The molecule has 2 aliphatic carbocycles. The van der Waals surface area contributed by atoms with E-state index in [0.717, 1.165) is 3.63 Å². The molecular weight excluding hydrogens is 259 g/mol. The van der Waals surface area contributed by atoms with Crippen molar-refractivity contribution in [3.8, 4) is 0 Å². The topological polar surface area (TPSA) is 0 Å². The summed E-state index contributed by atoms with van der Waals surface area (Å²) in [5, 5.41) is 0. The molecular formula is C11H13ClZr-. The van der Waals surface area contributed by atoms with E-state index in [2.05, 4.69) is 36.5 Å². The summed E-state index contributed by atoms with van der Waals surface area (Å²) in [5.74, 6) is 0. The summed E-state index contributed by atoms with van der Waals surface area (Å²) in [5.41, 5.74) is 3.20. The predicted octanol–water partition coefficient (Wildman–Crippen LogP) is 3.63. The second-order valence-corrected chi connectivity index (χ2v) is 4.60. The van der Waals surface area contributed by atoms with Gasteiger partial charge in [0.15, 0.2) is 0 Å². The first-order valence-electron chi connectivity index (χ1n) is 4.30. The molecule has 0 N–H and O–H groups in total. The van der Waals surface area contributed by atoms with Gasteiger partial charge in [-0.15, -0.1) is 12.4 Å². The van der Waals surface area contributed by atoms with E-state index < -0.39 is 0 Å². The van der Waals surface area contributed by atoms with Crippen molar-refractivity contribution in [2.24, 2.45) is 0 Å². The van der Waals surface area contributed by atoms with Crippen LogP contribution in [0.1, 0.15) is 14.3 Å². The van der Waals surface area contributed by atoms with Gasteiger partial charge in [-0.2, -0.15) is 0 Å². The molecule has 0 amide bonds. The quantitative estimate of drug-likeness (QED) is 0.720. The summed E-state index contributed by atoms with van der Waals surface area (Å²) in [6, 6.07) is 0. The maximum absolute atomic E-state index is 2.28. The van der Waals surface area contributed by atoms with Crippen LogP contribution in [0.25, 0.3) is 0 Å². The van der Waals surface area contributed by atoms with Gasteiger partial charge in [0.2, 0.25) is 0 Å². The second kappa shape index (κ2) is 5.12. The molecule has 0 saturated heterocycles. The molecule has 0 aliphatic heterocycles. The molecule has 2 aliphatic rings. The van der Waals surface area contributed by atoms with Crippen LogP contribution in [0, 0.1) is 0 Å². The van der Waals surface area contributed by atoms with Crippen molar-refractivity contribution in [2.45, 2.75) is 16.5 Å². The van der Waals surface area contributed by atoms with Crippen LogP contribution in [-0.2, 0) is 24.7 Å². The molecule has 69 valence electrons. The third-order valence-electron chi connectivity index (χ3n) is 2.34. The Morgan fingerprint density at radius 3 is 1.85 bits per heavy atom. The molecule has 0 atom stereocenters. The fourth-order valence-corrected chi connectivity index (χ4v) is 2.65. The first-order chi connectivity index (χ1) is 5.88. The number of hydrogen-bond donors (Lipinski definition) is 0. The molecule has 13 heavy (non-hydrogen) atoms. The zero-order valence-electron chi connectivity index (χ0n) is 8.36. The van der Waals surface area contributed by atoms with E-state index in [4.69, 9.17) is 0 Å². The first kappa shape index (κ1) is 11.2. The number of allylic oxidation sites excluding steroid dienone is 8. The third-order valence-corrected chi connectivity index (χ3v) is 4.16. The number of hydrogen-bond acceptors (Lipinski definition) is 0. The summed E-state index contributed by atoms with van der Waals surface area (Å²) in [6.45, 7) is 0. The Bertz CT molecular complexity index is 272. The summed E-state index contributed by atoms with van der Waals surface area (Å²) in [4.78, 5) is 0. The third kappa shape index (κ3) is 2.54. The van der Waals surface area contributed by atoms with Gasteiger partial charge in [0.05, 0.1) is 0 Å². The van der Waals surface area contributed by atoms with Gasteiger partial charge >= 0.3 is 88.8 Å². The van der Waals surface area contributed by atoms with E-state index >= 15 is 0 Å². The van der Waals surface area contributed by atoms with E-state index in [9.17, 15) is 0 Å². The molecule has 0 aromatic heterocycles. The molecule has 0 spiro atoms. The maximum atomic E-state index is 2.28. The zero-order chi connectivity index (χ0) is 8.39. The van der Waals surface area contributed by atoms with E-state index in [0.29, 0.717) is 0 Å². The summed E-state index contributed by atoms with van der Waals surface area (Å²) < 4.78 is 0.738. The van der Waals surface area contributed by atoms with Crippen molar-refractivity contribution in [2.75, 3.05) is 0 Å². The predicted molar refractivity (Wildman–Crippen MR) is 55.8 cm³/mol. The summed E-state index contributed by atoms with van der Waals surface area (Å²) >= 11 is 1.63. The van der Waals surface area contributed by atoms with Crippen molar-refractivity contribution < 1.29 is 26.1 Å². The Balaban J connectivity index is 0.000000845. The van der Waals surface area contributed by atoms with Crippen LogP contribution in [0.3, 0.4) is 0 Å². The van der Waals surface area contributed by atoms with Crippen LogP contribution in [0.2, 0.25) is 3.63 Å². The molecule has 0 fully saturated rings. The molecule has 0 heterocycles. The van der Waals surface area contributed by atoms with Gasteiger partial charge in [-0.05, 0) is 0 Å². The van der Waals surface area contributed by atoms with Crippen molar-refractivity contribution in [1.29, 1.82) is 0 Å². The SMILES string of the molecule is Cl.[H-].[Zr][CH](C1=CC=CC1)C1=CC=CC1. The van der Waals surface area contributed by atoms with Gasteiger partial charge in [0.25, 0.3) is 0 Å². The average Bonchev–Trinajstić information content (AvgIpc) is 2.77. The normalized spacial score (nSPS) is 18.8. The van der Waals surface area contributed by atoms with E-state index in [1.807, 2.05) is 0 Å². The Kier molecular flexibility index (Phi) is 4.42. The van der Waals surface area contributed by atoms with Crippen LogP contribution >= 0.6 is 12.4 Å². The Morgan fingerprint density at radius 1 is 1.08 bits per heavy atom. The summed E-state index contributed by atoms with van der Waals surface area (Å²) in [6.07, 6.45) is 15.7. The van der Waals surface area contributed by atoms with Crippen molar-refractivity contribution in [3.63, 3.8) is 0 Å². The molecule has 0 aromatic carbocycles. The van der Waals surface area contributed by atoms with Gasteiger partial charge in [-0.1, -0.05) is 0 Å². The number of rotatable bonds is 2. The average molecular weight is 272 g/mol. The van der Waals surface area contributed by atoms with E-state index in [-0.39, 0.29) is 13.8 Å². The second-order valence-electron chi connectivity index (χ2n) is 3.18. The van der Waals surface area contributed by atoms with Crippen LogP contribution in [0.15, 0.2) is 47.6 Å². The van der Waals surface area contributed by atoms with Crippen LogP contribution in [0.5, 0.6) is 0 Å². The Morgan fingerprint density at radius 2 is 1.54 bits per heavy atom. The van der Waals surface area contributed by atoms with E-state index in [1.165, 1.54) is 12.8 Å². The number of halogens is 1. The van der Waals surface area contributed by atoms with Gasteiger partial charge in [-0.3, -0.25) is 0 Å². The molecule has 0 bridgehead atoms. The van der Waals surface area contributed by atoms with E-state index in [1.54, 1.807) is 35.9 Å². The minimum absolute atomic E-state index is 0.